The van der Waals surface area contributed by atoms with E-state index in [0.717, 1.165) is 58.8 Å². The molecule has 0 amide bonds. The lowest BCUT2D eigenvalue weighted by Crippen LogP contribution is -2.34. The molecule has 1 N–H and O–H groups in total. The third kappa shape index (κ3) is 4.94. The van der Waals surface area contributed by atoms with E-state index in [-0.39, 0.29) is 12.2 Å². The van der Waals surface area contributed by atoms with Crippen molar-refractivity contribution >= 4 is 34.0 Å². The molecule has 6 rings (SSSR count). The second-order valence-electron chi connectivity index (χ2n) is 9.05. The summed E-state index contributed by atoms with van der Waals surface area (Å²) in [6, 6.07) is 13.8. The van der Waals surface area contributed by atoms with Gasteiger partial charge in [-0.1, -0.05) is 23.7 Å². The zero-order chi connectivity index (χ0) is 25.4. The zero-order valence-electron chi connectivity index (χ0n) is 20.5. The van der Waals surface area contributed by atoms with Gasteiger partial charge < -0.3 is 19.2 Å². The van der Waals surface area contributed by atoms with E-state index in [9.17, 15) is 0 Å². The van der Waals surface area contributed by atoms with Crippen LogP contribution in [0.15, 0.2) is 58.6 Å². The fraction of sp³-hybridized carbons (Fsp3) is 0.296. The number of imidazole rings is 1. The predicted molar refractivity (Wildman–Crippen MR) is 144 cm³/mol. The quantitative estimate of drug-likeness (QED) is 0.259. The smallest absolute Gasteiger partial charge is 0.247 e. The Bertz CT molecular complexity index is 1540. The number of ether oxygens (including phenoxy) is 2. The Balaban J connectivity index is 1.19. The van der Waals surface area contributed by atoms with Gasteiger partial charge in [-0.25, -0.2) is 4.98 Å². The van der Waals surface area contributed by atoms with Crippen LogP contribution >= 0.6 is 22.9 Å². The van der Waals surface area contributed by atoms with Crippen LogP contribution in [-0.4, -0.2) is 38.9 Å². The van der Waals surface area contributed by atoms with E-state index in [1.165, 1.54) is 0 Å². The predicted octanol–water partition coefficient (Wildman–Crippen LogP) is 6.37. The Labute approximate surface area is 223 Å². The molecule has 10 heteroatoms. The fourth-order valence-corrected chi connectivity index (χ4v) is 5.65. The van der Waals surface area contributed by atoms with Gasteiger partial charge in [0.2, 0.25) is 11.8 Å². The molecule has 1 fully saturated rings. The fourth-order valence-electron chi connectivity index (χ4n) is 4.52. The number of hydrogen-bond donors (Lipinski definition) is 1. The maximum Gasteiger partial charge on any atom is 0.247 e. The molecular weight excluding hydrogens is 510 g/mol. The molecule has 1 unspecified atom stereocenters. The van der Waals surface area contributed by atoms with E-state index >= 15 is 0 Å². The number of aromatic nitrogens is 4. The van der Waals surface area contributed by atoms with Crippen LogP contribution in [0, 0.1) is 6.92 Å². The lowest BCUT2D eigenvalue weighted by Gasteiger charge is -2.25. The monoisotopic (exact) mass is 535 g/mol. The van der Waals surface area contributed by atoms with Gasteiger partial charge in [0.15, 0.2) is 0 Å². The molecule has 0 bridgehead atoms. The minimum absolute atomic E-state index is 0.182. The first-order chi connectivity index (χ1) is 18.0. The second-order valence-corrected chi connectivity index (χ2v) is 10.3. The summed E-state index contributed by atoms with van der Waals surface area (Å²) in [4.78, 5) is 4.58. The van der Waals surface area contributed by atoms with E-state index < -0.39 is 0 Å². The van der Waals surface area contributed by atoms with Crippen molar-refractivity contribution in [2.24, 2.45) is 0 Å². The van der Waals surface area contributed by atoms with Crippen LogP contribution in [0.1, 0.15) is 37.3 Å². The van der Waals surface area contributed by atoms with Gasteiger partial charge in [-0.3, -0.25) is 4.57 Å². The maximum absolute atomic E-state index is 6.75. The van der Waals surface area contributed by atoms with Crippen molar-refractivity contribution in [3.05, 3.63) is 70.6 Å². The van der Waals surface area contributed by atoms with Crippen molar-refractivity contribution in [3.8, 4) is 28.0 Å². The summed E-state index contributed by atoms with van der Waals surface area (Å²) in [5.41, 5.74) is 3.56. The van der Waals surface area contributed by atoms with Gasteiger partial charge in [-0.15, -0.1) is 21.5 Å². The van der Waals surface area contributed by atoms with Crippen LogP contribution in [0.2, 0.25) is 5.02 Å². The van der Waals surface area contributed by atoms with E-state index in [1.54, 1.807) is 18.3 Å². The number of rotatable bonds is 7. The summed E-state index contributed by atoms with van der Waals surface area (Å²) in [7, 11) is 0. The molecule has 5 aromatic rings. The number of thiophene rings is 1. The van der Waals surface area contributed by atoms with Crippen LogP contribution in [0.5, 0.6) is 11.5 Å². The summed E-state index contributed by atoms with van der Waals surface area (Å²) in [5.74, 6) is 2.50. The molecule has 0 saturated carbocycles. The van der Waals surface area contributed by atoms with Gasteiger partial charge in [0.05, 0.1) is 16.1 Å². The topological polar surface area (TPSA) is 87.2 Å². The van der Waals surface area contributed by atoms with E-state index in [1.807, 2.05) is 65.7 Å². The summed E-state index contributed by atoms with van der Waals surface area (Å²) >= 11 is 8.34. The summed E-state index contributed by atoms with van der Waals surface area (Å²) in [5, 5.41) is 15.0. The average molecular weight is 536 g/mol. The highest BCUT2D eigenvalue weighted by Gasteiger charge is 2.20. The zero-order valence-corrected chi connectivity index (χ0v) is 22.1. The number of piperidine rings is 1. The highest BCUT2D eigenvalue weighted by atomic mass is 35.5. The Kier molecular flexibility index (Phi) is 6.58. The van der Waals surface area contributed by atoms with Crippen molar-refractivity contribution < 1.29 is 13.9 Å². The molecule has 3 aromatic heterocycles. The minimum Gasteiger partial charge on any atom is -0.489 e. The Morgan fingerprint density at radius 3 is 2.84 bits per heavy atom. The third-order valence-electron chi connectivity index (χ3n) is 6.44. The van der Waals surface area contributed by atoms with Crippen LogP contribution in [0.4, 0.5) is 0 Å². The highest BCUT2D eigenvalue weighted by Crippen LogP contribution is 2.37. The molecule has 0 radical (unpaired) electrons. The number of nitrogens with one attached hydrogen (secondary N) is 1. The number of benzene rings is 2. The van der Waals surface area contributed by atoms with Crippen LogP contribution in [-0.2, 0) is 0 Å². The summed E-state index contributed by atoms with van der Waals surface area (Å²) < 4.78 is 20.1. The molecule has 1 saturated heterocycles. The summed E-state index contributed by atoms with van der Waals surface area (Å²) in [6.07, 6.45) is 3.70. The van der Waals surface area contributed by atoms with Gasteiger partial charge in [-0.05, 0) is 57.1 Å². The number of hydrogen-bond acceptors (Lipinski definition) is 8. The number of nitrogens with zero attached hydrogens (tertiary/aromatic N) is 4. The normalized spacial score (nSPS) is 15.2. The van der Waals surface area contributed by atoms with Gasteiger partial charge in [0, 0.05) is 29.5 Å². The number of halogens is 1. The molecule has 0 spiro atoms. The van der Waals surface area contributed by atoms with Crippen molar-refractivity contribution in [1.82, 2.24) is 25.1 Å². The Morgan fingerprint density at radius 1 is 1.16 bits per heavy atom. The van der Waals surface area contributed by atoms with Gasteiger partial charge in [0.25, 0.3) is 0 Å². The molecule has 2 aromatic carbocycles. The van der Waals surface area contributed by atoms with E-state index in [4.69, 9.17) is 25.5 Å². The average Bonchev–Trinajstić information content (AvgIpc) is 3.65. The van der Waals surface area contributed by atoms with Gasteiger partial charge in [0.1, 0.15) is 35.0 Å². The molecule has 4 heterocycles. The minimum atomic E-state index is -0.244. The lowest BCUT2D eigenvalue weighted by molar-refractivity contribution is 0.161. The van der Waals surface area contributed by atoms with Crippen molar-refractivity contribution in [2.45, 2.75) is 38.9 Å². The highest BCUT2D eigenvalue weighted by molar-refractivity contribution is 7.12. The van der Waals surface area contributed by atoms with E-state index in [2.05, 4.69) is 20.5 Å². The number of fused-ring (bicyclic) bond motifs is 1. The largest absolute Gasteiger partial charge is 0.489 e. The molecule has 1 aliphatic heterocycles. The molecule has 8 nitrogen and oxygen atoms in total. The number of aryl methyl sites for hydroxylation is 1. The molecule has 1 aliphatic rings. The molecule has 0 aliphatic carbocycles. The second kappa shape index (κ2) is 10.2. The van der Waals surface area contributed by atoms with Crippen molar-refractivity contribution in [2.75, 3.05) is 13.1 Å². The molecule has 1 atom stereocenters. The SMILES string of the molecule is Cc1nnc(-c2ccc3c(c2)ncn3-c2cc(OC(C)c3cccc(OC4CCNCC4)c3Cl)cs2)o1. The van der Waals surface area contributed by atoms with Crippen LogP contribution in [0.3, 0.4) is 0 Å². The lowest BCUT2D eigenvalue weighted by atomic mass is 10.1. The van der Waals surface area contributed by atoms with Gasteiger partial charge in [-0.2, -0.15) is 0 Å². The first-order valence-electron chi connectivity index (χ1n) is 12.2. The van der Waals surface area contributed by atoms with Gasteiger partial charge >= 0.3 is 0 Å². The van der Waals surface area contributed by atoms with E-state index in [0.29, 0.717) is 22.6 Å². The van der Waals surface area contributed by atoms with Crippen molar-refractivity contribution in [3.63, 3.8) is 0 Å². The standard InChI is InChI=1S/C27H26ClN5O3S/c1-16(21-4-3-5-24(26(21)28)36-19-8-10-29-11-9-19)34-20-13-25(37-14-20)33-15-30-22-12-18(6-7-23(22)33)27-32-31-17(2)35-27/h3-7,12-16,19,29H,8-11H2,1-2H3. The summed E-state index contributed by atoms with van der Waals surface area (Å²) in [6.45, 7) is 5.70. The Hall–Kier alpha value is -3.40. The third-order valence-corrected chi connectivity index (χ3v) is 7.75. The van der Waals surface area contributed by atoms with Crippen molar-refractivity contribution in [1.29, 1.82) is 0 Å². The molecule has 190 valence electrons. The first kappa shape index (κ1) is 24.0. The Morgan fingerprint density at radius 2 is 2.03 bits per heavy atom. The maximum atomic E-state index is 6.75. The first-order valence-corrected chi connectivity index (χ1v) is 13.5. The molecule has 37 heavy (non-hydrogen) atoms. The van der Waals surface area contributed by atoms with Crippen LogP contribution < -0.4 is 14.8 Å². The van der Waals surface area contributed by atoms with Crippen LogP contribution in [0.25, 0.3) is 27.5 Å². The molecular formula is C27H26ClN5O3S.